The maximum absolute atomic E-state index is 13.5. The highest BCUT2D eigenvalue weighted by Crippen LogP contribution is 2.36. The second-order valence-electron chi connectivity index (χ2n) is 8.66. The first kappa shape index (κ1) is 22.6. The smallest absolute Gasteiger partial charge is 0.258 e. The van der Waals surface area contributed by atoms with E-state index in [4.69, 9.17) is 13.9 Å². The van der Waals surface area contributed by atoms with Gasteiger partial charge in [-0.05, 0) is 73.0 Å². The van der Waals surface area contributed by atoms with Crippen molar-refractivity contribution in [3.8, 4) is 11.5 Å². The van der Waals surface area contributed by atoms with E-state index < -0.39 is 0 Å². The molecule has 3 aromatic carbocycles. The lowest BCUT2D eigenvalue weighted by molar-refractivity contribution is 0.0651. The van der Waals surface area contributed by atoms with Crippen molar-refractivity contribution in [1.29, 1.82) is 0 Å². The van der Waals surface area contributed by atoms with Crippen molar-refractivity contribution in [3.63, 3.8) is 0 Å². The molecule has 1 atom stereocenters. The fourth-order valence-corrected chi connectivity index (χ4v) is 4.41. The molecule has 0 spiro atoms. The number of fused-ring (bicyclic) bond motifs is 1. The molecule has 1 aliphatic heterocycles. The van der Waals surface area contributed by atoms with Crippen molar-refractivity contribution < 1.29 is 18.7 Å². The summed E-state index contributed by atoms with van der Waals surface area (Å²) < 4.78 is 17.4. The molecular formula is C29H28N2O4. The topological polar surface area (TPSA) is 63.9 Å². The standard InChI is InChI=1S/C29H28N2O4/c1-19-8-6-12-26(20(19)2)35-18-22-16-21(13-14-27(22)33-3)28-30-25-11-5-4-10-24(25)29(32)31(28)17-23-9-7-15-34-23/h4-16,28,30H,17-18H2,1-3H3/t28-/m1/s1. The number of methoxy groups -OCH3 is 1. The summed E-state index contributed by atoms with van der Waals surface area (Å²) in [6.07, 6.45) is 1.24. The number of nitrogens with zero attached hydrogens (tertiary/aromatic N) is 1. The molecule has 1 aromatic heterocycles. The van der Waals surface area contributed by atoms with Gasteiger partial charge in [0.25, 0.3) is 5.91 Å². The minimum Gasteiger partial charge on any atom is -0.496 e. The number of ether oxygens (including phenoxy) is 2. The first-order chi connectivity index (χ1) is 17.0. The van der Waals surface area contributed by atoms with Crippen LogP contribution < -0.4 is 14.8 Å². The molecule has 1 aliphatic rings. The van der Waals surface area contributed by atoms with Crippen LogP contribution in [0.2, 0.25) is 0 Å². The summed E-state index contributed by atoms with van der Waals surface area (Å²) in [4.78, 5) is 15.3. The number of anilines is 1. The first-order valence-corrected chi connectivity index (χ1v) is 11.6. The van der Waals surface area contributed by atoms with Crippen LogP contribution in [0.3, 0.4) is 0 Å². The Bertz CT molecular complexity index is 1350. The Hall–Kier alpha value is -4.19. The Morgan fingerprint density at radius 3 is 2.63 bits per heavy atom. The summed E-state index contributed by atoms with van der Waals surface area (Å²) >= 11 is 0. The van der Waals surface area contributed by atoms with Crippen molar-refractivity contribution in [2.75, 3.05) is 12.4 Å². The van der Waals surface area contributed by atoms with Crippen LogP contribution in [-0.2, 0) is 13.2 Å². The number of benzene rings is 3. The van der Waals surface area contributed by atoms with Crippen LogP contribution in [0.4, 0.5) is 5.69 Å². The first-order valence-electron chi connectivity index (χ1n) is 11.6. The number of rotatable bonds is 7. The van der Waals surface area contributed by atoms with Crippen LogP contribution in [0.25, 0.3) is 0 Å². The van der Waals surface area contributed by atoms with Gasteiger partial charge < -0.3 is 24.1 Å². The van der Waals surface area contributed by atoms with E-state index in [-0.39, 0.29) is 12.1 Å². The van der Waals surface area contributed by atoms with Gasteiger partial charge in [0.05, 0.1) is 25.5 Å². The van der Waals surface area contributed by atoms with Gasteiger partial charge in [-0.15, -0.1) is 0 Å². The van der Waals surface area contributed by atoms with E-state index in [0.717, 1.165) is 39.6 Å². The van der Waals surface area contributed by atoms with Gasteiger partial charge >= 0.3 is 0 Å². The summed E-state index contributed by atoms with van der Waals surface area (Å²) in [5, 5.41) is 3.54. The highest BCUT2D eigenvalue weighted by molar-refractivity contribution is 6.01. The maximum Gasteiger partial charge on any atom is 0.258 e. The summed E-state index contributed by atoms with van der Waals surface area (Å²) in [6, 6.07) is 23.3. The minimum atomic E-state index is -0.382. The van der Waals surface area contributed by atoms with E-state index in [0.29, 0.717) is 18.7 Å². The van der Waals surface area contributed by atoms with Crippen LogP contribution in [-0.4, -0.2) is 17.9 Å². The average Bonchev–Trinajstić information content (AvgIpc) is 3.40. The SMILES string of the molecule is COc1ccc([C@@H]2Nc3ccccc3C(=O)N2Cc2ccco2)cc1COc1cccc(C)c1C. The lowest BCUT2D eigenvalue weighted by atomic mass is 10.0. The molecule has 1 amide bonds. The molecule has 0 bridgehead atoms. The van der Waals surface area contributed by atoms with Crippen molar-refractivity contribution in [2.45, 2.75) is 33.2 Å². The van der Waals surface area contributed by atoms with Gasteiger partial charge in [-0.2, -0.15) is 0 Å². The van der Waals surface area contributed by atoms with Gasteiger partial charge in [-0.3, -0.25) is 4.79 Å². The zero-order valence-electron chi connectivity index (χ0n) is 20.1. The molecule has 0 saturated carbocycles. The van der Waals surface area contributed by atoms with E-state index in [1.54, 1.807) is 18.3 Å². The molecule has 0 radical (unpaired) electrons. The fourth-order valence-electron chi connectivity index (χ4n) is 4.41. The number of hydrogen-bond donors (Lipinski definition) is 1. The summed E-state index contributed by atoms with van der Waals surface area (Å²) in [5.74, 6) is 2.25. The fraction of sp³-hybridized carbons (Fsp3) is 0.207. The summed E-state index contributed by atoms with van der Waals surface area (Å²) in [5.41, 5.74) is 5.57. The third-order valence-corrected chi connectivity index (χ3v) is 6.49. The average molecular weight is 469 g/mol. The van der Waals surface area contributed by atoms with Gasteiger partial charge in [0.1, 0.15) is 30.0 Å². The third-order valence-electron chi connectivity index (χ3n) is 6.49. The normalized spacial score (nSPS) is 14.9. The van der Waals surface area contributed by atoms with Crippen LogP contribution in [0.5, 0.6) is 11.5 Å². The monoisotopic (exact) mass is 468 g/mol. The van der Waals surface area contributed by atoms with Crippen molar-refractivity contribution >= 4 is 11.6 Å². The summed E-state index contributed by atoms with van der Waals surface area (Å²) in [7, 11) is 1.65. The van der Waals surface area contributed by atoms with Gasteiger partial charge in [-0.1, -0.05) is 30.3 Å². The number of para-hydroxylation sites is 1. The Kier molecular flexibility index (Phi) is 6.19. The number of carbonyl (C=O) groups is 1. The zero-order valence-corrected chi connectivity index (χ0v) is 20.1. The largest absolute Gasteiger partial charge is 0.496 e. The molecule has 0 aliphatic carbocycles. The van der Waals surface area contributed by atoms with E-state index in [1.165, 1.54) is 5.56 Å². The number of carbonyl (C=O) groups excluding carboxylic acids is 1. The lowest BCUT2D eigenvalue weighted by Gasteiger charge is -2.38. The Balaban J connectivity index is 1.49. The van der Waals surface area contributed by atoms with Crippen LogP contribution >= 0.6 is 0 Å². The zero-order chi connectivity index (χ0) is 24.4. The molecule has 6 heteroatoms. The number of amides is 1. The molecular weight excluding hydrogens is 440 g/mol. The highest BCUT2D eigenvalue weighted by atomic mass is 16.5. The molecule has 178 valence electrons. The van der Waals surface area contributed by atoms with Crippen molar-refractivity contribution in [3.05, 3.63) is 113 Å². The second kappa shape index (κ2) is 9.58. The molecule has 4 aromatic rings. The predicted octanol–water partition coefficient (Wildman–Crippen LogP) is 6.25. The molecule has 0 fully saturated rings. The van der Waals surface area contributed by atoms with Crippen LogP contribution in [0.1, 0.15) is 44.5 Å². The molecule has 0 saturated heterocycles. The van der Waals surface area contributed by atoms with Gasteiger partial charge in [0.15, 0.2) is 0 Å². The lowest BCUT2D eigenvalue weighted by Crippen LogP contribution is -2.42. The maximum atomic E-state index is 13.5. The quantitative estimate of drug-likeness (QED) is 0.347. The number of furan rings is 1. The van der Waals surface area contributed by atoms with Gasteiger partial charge in [0, 0.05) is 11.3 Å². The second-order valence-corrected chi connectivity index (χ2v) is 8.66. The third kappa shape index (κ3) is 4.47. The number of aryl methyl sites for hydroxylation is 1. The van der Waals surface area contributed by atoms with Gasteiger partial charge in [-0.25, -0.2) is 0 Å². The Labute approximate surface area is 205 Å². The molecule has 1 N–H and O–H groups in total. The molecule has 6 nitrogen and oxygen atoms in total. The molecule has 35 heavy (non-hydrogen) atoms. The van der Waals surface area contributed by atoms with E-state index >= 15 is 0 Å². The molecule has 2 heterocycles. The van der Waals surface area contributed by atoms with E-state index in [9.17, 15) is 4.79 Å². The minimum absolute atomic E-state index is 0.0512. The number of nitrogens with one attached hydrogen (secondary N) is 1. The highest BCUT2D eigenvalue weighted by Gasteiger charge is 2.33. The van der Waals surface area contributed by atoms with Crippen molar-refractivity contribution in [2.24, 2.45) is 0 Å². The summed E-state index contributed by atoms with van der Waals surface area (Å²) in [6.45, 7) is 4.81. The number of hydrogen-bond acceptors (Lipinski definition) is 5. The van der Waals surface area contributed by atoms with Crippen LogP contribution in [0, 0.1) is 13.8 Å². The van der Waals surface area contributed by atoms with Gasteiger partial charge in [0.2, 0.25) is 0 Å². The predicted molar refractivity (Wildman–Crippen MR) is 135 cm³/mol. The van der Waals surface area contributed by atoms with E-state index in [2.05, 4.69) is 25.2 Å². The molecule has 0 unspecified atom stereocenters. The van der Waals surface area contributed by atoms with E-state index in [1.807, 2.05) is 66.7 Å². The Morgan fingerprint density at radius 2 is 1.83 bits per heavy atom. The van der Waals surface area contributed by atoms with Crippen LogP contribution in [0.15, 0.2) is 83.5 Å². The molecule has 5 rings (SSSR count). The van der Waals surface area contributed by atoms with Crippen molar-refractivity contribution in [1.82, 2.24) is 4.90 Å². The Morgan fingerprint density at radius 1 is 0.971 bits per heavy atom.